The fourth-order valence-corrected chi connectivity index (χ4v) is 3.29. The first-order chi connectivity index (χ1) is 15.2. The smallest absolute Gasteiger partial charge is 0.286 e. The SMILES string of the molecule is Fc1cccc(CNc2nc(-c3nnc(-c4ccc(Cl)cc4)o3)nc3ccccc23)c1. The van der Waals surface area contributed by atoms with Crippen LogP contribution in [-0.2, 0) is 6.54 Å². The van der Waals surface area contributed by atoms with Crippen LogP contribution < -0.4 is 5.32 Å². The van der Waals surface area contributed by atoms with Crippen LogP contribution in [0.15, 0.2) is 77.2 Å². The van der Waals surface area contributed by atoms with Crippen LogP contribution in [-0.4, -0.2) is 20.2 Å². The minimum atomic E-state index is -0.284. The van der Waals surface area contributed by atoms with Crippen LogP contribution in [0.4, 0.5) is 10.2 Å². The van der Waals surface area contributed by atoms with Crippen molar-refractivity contribution in [2.24, 2.45) is 0 Å². The van der Waals surface area contributed by atoms with Crippen LogP contribution in [0.3, 0.4) is 0 Å². The first-order valence-electron chi connectivity index (χ1n) is 9.51. The van der Waals surface area contributed by atoms with E-state index in [2.05, 4.69) is 25.5 Å². The standard InChI is InChI=1S/C23H15ClFN5O/c24-16-10-8-15(9-11-16)22-29-30-23(31-22)21-27-19-7-2-1-6-18(19)20(28-21)26-13-14-4-3-5-17(25)12-14/h1-12H,13H2,(H,26,27,28). The van der Waals surface area contributed by atoms with Gasteiger partial charge in [-0.05, 0) is 54.1 Å². The molecule has 0 aliphatic carbocycles. The lowest BCUT2D eigenvalue weighted by Gasteiger charge is -2.10. The van der Waals surface area contributed by atoms with E-state index in [0.717, 1.165) is 22.0 Å². The van der Waals surface area contributed by atoms with Gasteiger partial charge in [-0.2, -0.15) is 0 Å². The van der Waals surface area contributed by atoms with Crippen LogP contribution in [0, 0.1) is 5.82 Å². The molecule has 2 aromatic heterocycles. The van der Waals surface area contributed by atoms with Crippen LogP contribution in [0.25, 0.3) is 34.1 Å². The molecular formula is C23H15ClFN5O. The van der Waals surface area contributed by atoms with Crippen molar-refractivity contribution in [3.05, 3.63) is 89.2 Å². The lowest BCUT2D eigenvalue weighted by molar-refractivity contribution is 0.579. The molecule has 2 heterocycles. The number of aromatic nitrogens is 4. The van der Waals surface area contributed by atoms with Gasteiger partial charge in [-0.3, -0.25) is 0 Å². The average molecular weight is 432 g/mol. The molecular weight excluding hydrogens is 417 g/mol. The molecule has 31 heavy (non-hydrogen) atoms. The minimum absolute atomic E-state index is 0.199. The van der Waals surface area contributed by atoms with Gasteiger partial charge in [0.1, 0.15) is 11.6 Å². The highest BCUT2D eigenvalue weighted by molar-refractivity contribution is 6.30. The zero-order chi connectivity index (χ0) is 21.2. The zero-order valence-electron chi connectivity index (χ0n) is 16.1. The first-order valence-corrected chi connectivity index (χ1v) is 9.88. The van der Waals surface area contributed by atoms with Gasteiger partial charge in [-0.15, -0.1) is 10.2 Å². The summed E-state index contributed by atoms with van der Waals surface area (Å²) < 4.78 is 19.3. The Morgan fingerprint density at radius 2 is 1.68 bits per heavy atom. The maximum atomic E-state index is 13.5. The molecule has 0 fully saturated rings. The van der Waals surface area contributed by atoms with E-state index in [1.165, 1.54) is 12.1 Å². The molecule has 1 N–H and O–H groups in total. The van der Waals surface area contributed by atoms with Crippen LogP contribution in [0.1, 0.15) is 5.56 Å². The number of hydrogen-bond acceptors (Lipinski definition) is 6. The van der Waals surface area contributed by atoms with E-state index in [1.54, 1.807) is 30.3 Å². The fourth-order valence-electron chi connectivity index (χ4n) is 3.16. The quantitative estimate of drug-likeness (QED) is 0.381. The molecule has 152 valence electrons. The normalized spacial score (nSPS) is 11.0. The van der Waals surface area contributed by atoms with Gasteiger partial charge in [-0.25, -0.2) is 14.4 Å². The van der Waals surface area contributed by atoms with Gasteiger partial charge in [0.15, 0.2) is 0 Å². The van der Waals surface area contributed by atoms with Gasteiger partial charge >= 0.3 is 0 Å². The third kappa shape index (κ3) is 4.08. The molecule has 6 nitrogen and oxygen atoms in total. The summed E-state index contributed by atoms with van der Waals surface area (Å²) in [5.74, 6) is 1.15. The Labute approximate surface area is 181 Å². The number of rotatable bonds is 5. The number of fused-ring (bicyclic) bond motifs is 1. The molecule has 8 heteroatoms. The van der Waals surface area contributed by atoms with Gasteiger partial charge in [0.05, 0.1) is 5.52 Å². The summed E-state index contributed by atoms with van der Waals surface area (Å²) in [6.07, 6.45) is 0. The maximum Gasteiger partial charge on any atom is 0.286 e. The Balaban J connectivity index is 1.50. The molecule has 0 atom stereocenters. The van der Waals surface area contributed by atoms with Crippen molar-refractivity contribution in [1.29, 1.82) is 0 Å². The summed E-state index contributed by atoms with van der Waals surface area (Å²) in [6.45, 7) is 0.401. The van der Waals surface area contributed by atoms with Crippen molar-refractivity contribution in [3.8, 4) is 23.2 Å². The molecule has 5 aromatic rings. The van der Waals surface area contributed by atoms with E-state index < -0.39 is 0 Å². The lowest BCUT2D eigenvalue weighted by Crippen LogP contribution is -2.04. The molecule has 0 aliphatic rings. The van der Waals surface area contributed by atoms with Crippen molar-refractivity contribution < 1.29 is 8.81 Å². The highest BCUT2D eigenvalue weighted by atomic mass is 35.5. The van der Waals surface area contributed by atoms with Gasteiger partial charge in [0, 0.05) is 22.5 Å². The van der Waals surface area contributed by atoms with Crippen molar-refractivity contribution in [1.82, 2.24) is 20.2 Å². The molecule has 5 rings (SSSR count). The van der Waals surface area contributed by atoms with E-state index in [4.69, 9.17) is 16.0 Å². The van der Waals surface area contributed by atoms with Crippen molar-refractivity contribution in [2.45, 2.75) is 6.54 Å². The highest BCUT2D eigenvalue weighted by Crippen LogP contribution is 2.27. The Bertz CT molecular complexity index is 1370. The lowest BCUT2D eigenvalue weighted by atomic mass is 10.2. The Morgan fingerprint density at radius 3 is 2.52 bits per heavy atom. The predicted molar refractivity (Wildman–Crippen MR) is 117 cm³/mol. The van der Waals surface area contributed by atoms with Gasteiger partial charge < -0.3 is 9.73 Å². The fraction of sp³-hybridized carbons (Fsp3) is 0.0435. The number of para-hydroxylation sites is 1. The maximum absolute atomic E-state index is 13.5. The summed E-state index contributed by atoms with van der Waals surface area (Å²) in [5, 5.41) is 12.9. The predicted octanol–water partition coefficient (Wildman–Crippen LogP) is 5.75. The van der Waals surface area contributed by atoms with Gasteiger partial charge in [0.2, 0.25) is 11.7 Å². The molecule has 0 bridgehead atoms. The third-order valence-corrected chi connectivity index (χ3v) is 4.91. The number of nitrogens with one attached hydrogen (secondary N) is 1. The Hall–Kier alpha value is -3.84. The molecule has 0 saturated carbocycles. The zero-order valence-corrected chi connectivity index (χ0v) is 16.8. The molecule has 0 spiro atoms. The average Bonchev–Trinajstić information content (AvgIpc) is 3.28. The van der Waals surface area contributed by atoms with Gasteiger partial charge in [-0.1, -0.05) is 35.9 Å². The Kier molecular flexibility index (Phi) is 5.01. The molecule has 0 radical (unpaired) electrons. The molecule has 0 aliphatic heterocycles. The number of hydrogen-bond donors (Lipinski definition) is 1. The summed E-state index contributed by atoms with van der Waals surface area (Å²) in [6, 6.07) is 21.1. The first kappa shape index (κ1) is 19.1. The number of nitrogens with zero attached hydrogens (tertiary/aromatic N) is 4. The van der Waals surface area contributed by atoms with Crippen molar-refractivity contribution >= 4 is 28.3 Å². The van der Waals surface area contributed by atoms with E-state index in [0.29, 0.717) is 29.1 Å². The van der Waals surface area contributed by atoms with Crippen molar-refractivity contribution in [3.63, 3.8) is 0 Å². The number of benzene rings is 3. The summed E-state index contributed by atoms with van der Waals surface area (Å²) >= 11 is 5.94. The summed E-state index contributed by atoms with van der Waals surface area (Å²) in [7, 11) is 0. The van der Waals surface area contributed by atoms with Crippen LogP contribution in [0.2, 0.25) is 5.02 Å². The topological polar surface area (TPSA) is 76.7 Å². The highest BCUT2D eigenvalue weighted by Gasteiger charge is 2.16. The second-order valence-electron chi connectivity index (χ2n) is 6.82. The summed E-state index contributed by atoms with van der Waals surface area (Å²) in [5.41, 5.74) is 2.26. The second kappa shape index (κ2) is 8.12. The second-order valence-corrected chi connectivity index (χ2v) is 7.25. The van der Waals surface area contributed by atoms with Gasteiger partial charge in [0.25, 0.3) is 5.89 Å². The van der Waals surface area contributed by atoms with E-state index >= 15 is 0 Å². The van der Waals surface area contributed by atoms with E-state index in [-0.39, 0.29) is 11.7 Å². The van der Waals surface area contributed by atoms with Crippen LogP contribution >= 0.6 is 11.6 Å². The van der Waals surface area contributed by atoms with E-state index in [1.807, 2.05) is 30.3 Å². The third-order valence-electron chi connectivity index (χ3n) is 4.66. The van der Waals surface area contributed by atoms with Crippen LogP contribution in [0.5, 0.6) is 0 Å². The number of halogens is 2. The van der Waals surface area contributed by atoms with Crippen molar-refractivity contribution in [2.75, 3.05) is 5.32 Å². The largest absolute Gasteiger partial charge is 0.413 e. The molecule has 0 saturated heterocycles. The number of anilines is 1. The molecule has 0 amide bonds. The summed E-state index contributed by atoms with van der Waals surface area (Å²) in [4.78, 5) is 9.16. The Morgan fingerprint density at radius 1 is 0.871 bits per heavy atom. The molecule has 3 aromatic carbocycles. The minimum Gasteiger partial charge on any atom is -0.413 e. The molecule has 0 unspecified atom stereocenters. The monoisotopic (exact) mass is 431 g/mol. The van der Waals surface area contributed by atoms with E-state index in [9.17, 15) is 4.39 Å².